The van der Waals surface area contributed by atoms with Crippen LogP contribution in [0.4, 0.5) is 0 Å². The van der Waals surface area contributed by atoms with Crippen LogP contribution in [-0.2, 0) is 6.42 Å². The van der Waals surface area contributed by atoms with Gasteiger partial charge in [0, 0.05) is 38.1 Å². The van der Waals surface area contributed by atoms with Crippen molar-refractivity contribution in [3.05, 3.63) is 41.4 Å². The first-order valence-corrected chi connectivity index (χ1v) is 6.76. The highest BCUT2D eigenvalue weighted by molar-refractivity contribution is 5.26. The largest absolute Gasteiger partial charge is 0.361 e. The minimum Gasteiger partial charge on any atom is -0.361 e. The zero-order chi connectivity index (χ0) is 13.5. The third-order valence-corrected chi connectivity index (χ3v) is 3.43. The molecule has 4 nitrogen and oxygen atoms in total. The first kappa shape index (κ1) is 13.6. The monoisotopic (exact) mass is 256 g/mol. The first-order chi connectivity index (χ1) is 9.31. The summed E-state index contributed by atoms with van der Waals surface area (Å²) >= 11 is 0. The van der Waals surface area contributed by atoms with Crippen molar-refractivity contribution in [2.45, 2.75) is 19.8 Å². The maximum Gasteiger partial charge on any atom is 0.117 e. The summed E-state index contributed by atoms with van der Waals surface area (Å²) in [5.41, 5.74) is 3.09. The lowest BCUT2D eigenvalue weighted by molar-refractivity contribution is 0.306. The predicted molar refractivity (Wildman–Crippen MR) is 75.3 cm³/mol. The Morgan fingerprint density at radius 1 is 1.42 bits per heavy atom. The lowest BCUT2D eigenvalue weighted by atomic mass is 10.1. The molecule has 0 aliphatic carbocycles. The number of hydrogen-bond acceptors (Lipinski definition) is 4. The number of nitriles is 1. The Labute approximate surface area is 114 Å². The van der Waals surface area contributed by atoms with E-state index in [0.717, 1.165) is 56.0 Å². The van der Waals surface area contributed by atoms with Gasteiger partial charge in [0.2, 0.25) is 0 Å². The van der Waals surface area contributed by atoms with E-state index in [0.29, 0.717) is 0 Å². The van der Waals surface area contributed by atoms with Gasteiger partial charge in [0.05, 0.1) is 0 Å². The van der Waals surface area contributed by atoms with Gasteiger partial charge < -0.3 is 10.2 Å². The highest BCUT2D eigenvalue weighted by atomic mass is 15.2. The Morgan fingerprint density at radius 3 is 2.84 bits per heavy atom. The standard InChI is InChI=1S/C15H20N4/c1-13(5-6-14-4-2-3-7-18-14)15(12-16)19-10-8-17-9-11-19/h2-4,7,17H,5-6,8-11H2,1H3. The normalized spacial score (nSPS) is 16.7. The summed E-state index contributed by atoms with van der Waals surface area (Å²) < 4.78 is 0. The number of aryl methyl sites for hydroxylation is 1. The number of nitrogens with one attached hydrogen (secondary N) is 1. The number of nitrogens with zero attached hydrogens (tertiary/aromatic N) is 3. The fraction of sp³-hybridized carbons (Fsp3) is 0.467. The van der Waals surface area contributed by atoms with Gasteiger partial charge in [0.25, 0.3) is 0 Å². The highest BCUT2D eigenvalue weighted by Gasteiger charge is 2.14. The maximum atomic E-state index is 9.36. The van der Waals surface area contributed by atoms with Crippen molar-refractivity contribution in [2.24, 2.45) is 0 Å². The van der Waals surface area contributed by atoms with Crippen molar-refractivity contribution in [3.8, 4) is 6.07 Å². The van der Waals surface area contributed by atoms with Crippen molar-refractivity contribution in [2.75, 3.05) is 26.2 Å². The molecule has 0 saturated carbocycles. The first-order valence-electron chi connectivity index (χ1n) is 6.76. The van der Waals surface area contributed by atoms with Crippen molar-refractivity contribution < 1.29 is 0 Å². The zero-order valence-electron chi connectivity index (χ0n) is 11.4. The number of hydrogen-bond donors (Lipinski definition) is 1. The van der Waals surface area contributed by atoms with Gasteiger partial charge in [0.15, 0.2) is 0 Å². The Morgan fingerprint density at radius 2 is 2.21 bits per heavy atom. The molecule has 1 aromatic heterocycles. The van der Waals surface area contributed by atoms with Crippen molar-refractivity contribution >= 4 is 0 Å². The van der Waals surface area contributed by atoms with E-state index in [2.05, 4.69) is 28.2 Å². The number of pyridine rings is 1. The van der Waals surface area contributed by atoms with Gasteiger partial charge >= 0.3 is 0 Å². The molecular formula is C15H20N4. The third kappa shape index (κ3) is 3.80. The average Bonchev–Trinajstić information content (AvgIpc) is 2.48. The fourth-order valence-electron chi connectivity index (χ4n) is 2.30. The summed E-state index contributed by atoms with van der Waals surface area (Å²) in [5.74, 6) is 0. The molecule has 0 aromatic carbocycles. The molecule has 2 rings (SSSR count). The van der Waals surface area contributed by atoms with E-state index in [9.17, 15) is 5.26 Å². The summed E-state index contributed by atoms with van der Waals surface area (Å²) in [4.78, 5) is 6.50. The second-order valence-corrected chi connectivity index (χ2v) is 4.80. The number of piperazine rings is 1. The molecule has 1 aliphatic rings. The fourth-order valence-corrected chi connectivity index (χ4v) is 2.30. The molecule has 100 valence electrons. The molecule has 1 aliphatic heterocycles. The molecule has 0 radical (unpaired) electrons. The molecule has 0 atom stereocenters. The topological polar surface area (TPSA) is 52.0 Å². The Balaban J connectivity index is 2.00. The molecule has 1 N–H and O–H groups in total. The van der Waals surface area contributed by atoms with Gasteiger partial charge in [-0.1, -0.05) is 6.07 Å². The summed E-state index contributed by atoms with van der Waals surface area (Å²) in [6.07, 6.45) is 3.60. The summed E-state index contributed by atoms with van der Waals surface area (Å²) in [5, 5.41) is 12.7. The van der Waals surface area contributed by atoms with Gasteiger partial charge in [-0.3, -0.25) is 4.98 Å². The number of aromatic nitrogens is 1. The van der Waals surface area contributed by atoms with Gasteiger partial charge in [-0.15, -0.1) is 0 Å². The van der Waals surface area contributed by atoms with Crippen LogP contribution >= 0.6 is 0 Å². The van der Waals surface area contributed by atoms with E-state index in [1.165, 1.54) is 0 Å². The number of allylic oxidation sites excluding steroid dienone is 2. The van der Waals surface area contributed by atoms with E-state index in [4.69, 9.17) is 0 Å². The minimum absolute atomic E-state index is 0.845. The summed E-state index contributed by atoms with van der Waals surface area (Å²) in [7, 11) is 0. The second-order valence-electron chi connectivity index (χ2n) is 4.80. The van der Waals surface area contributed by atoms with Crippen LogP contribution in [-0.4, -0.2) is 36.1 Å². The van der Waals surface area contributed by atoms with Crippen molar-refractivity contribution in [1.29, 1.82) is 5.26 Å². The van der Waals surface area contributed by atoms with Gasteiger partial charge in [-0.2, -0.15) is 5.26 Å². The van der Waals surface area contributed by atoms with E-state index in [-0.39, 0.29) is 0 Å². The molecule has 19 heavy (non-hydrogen) atoms. The van der Waals surface area contributed by atoms with Crippen LogP contribution in [0.1, 0.15) is 19.0 Å². The SMILES string of the molecule is CC(CCc1ccccn1)=C(C#N)N1CCNCC1. The molecule has 2 heterocycles. The van der Waals surface area contributed by atoms with Crippen LogP contribution in [0.25, 0.3) is 0 Å². The van der Waals surface area contributed by atoms with Gasteiger partial charge in [-0.05, 0) is 37.5 Å². The lowest BCUT2D eigenvalue weighted by Crippen LogP contribution is -2.42. The lowest BCUT2D eigenvalue weighted by Gasteiger charge is -2.29. The van der Waals surface area contributed by atoms with Crippen LogP contribution in [0.15, 0.2) is 35.7 Å². The molecule has 0 unspecified atom stereocenters. The van der Waals surface area contributed by atoms with Crippen LogP contribution < -0.4 is 5.32 Å². The minimum atomic E-state index is 0.845. The van der Waals surface area contributed by atoms with E-state index >= 15 is 0 Å². The Hall–Kier alpha value is -1.86. The third-order valence-electron chi connectivity index (χ3n) is 3.43. The molecule has 1 aromatic rings. The van der Waals surface area contributed by atoms with E-state index in [1.54, 1.807) is 0 Å². The zero-order valence-corrected chi connectivity index (χ0v) is 11.4. The molecule has 1 fully saturated rings. The average molecular weight is 256 g/mol. The smallest absolute Gasteiger partial charge is 0.117 e. The Bertz CT molecular complexity index is 467. The molecule has 0 bridgehead atoms. The van der Waals surface area contributed by atoms with Crippen LogP contribution in [0.3, 0.4) is 0 Å². The van der Waals surface area contributed by atoms with Gasteiger partial charge in [-0.25, -0.2) is 0 Å². The predicted octanol–water partition coefficient (Wildman–Crippen LogP) is 1.72. The van der Waals surface area contributed by atoms with Crippen LogP contribution in [0, 0.1) is 11.3 Å². The molecule has 4 heteroatoms. The molecular weight excluding hydrogens is 236 g/mol. The number of rotatable bonds is 4. The van der Waals surface area contributed by atoms with E-state index < -0.39 is 0 Å². The Kier molecular flexibility index (Phi) is 4.93. The maximum absolute atomic E-state index is 9.36. The summed E-state index contributed by atoms with van der Waals surface area (Å²) in [6.45, 7) is 5.81. The van der Waals surface area contributed by atoms with Gasteiger partial charge in [0.1, 0.15) is 11.8 Å². The highest BCUT2D eigenvalue weighted by Crippen LogP contribution is 2.15. The molecule has 1 saturated heterocycles. The summed E-state index contributed by atoms with van der Waals surface area (Å²) in [6, 6.07) is 8.32. The van der Waals surface area contributed by atoms with Crippen LogP contribution in [0.2, 0.25) is 0 Å². The van der Waals surface area contributed by atoms with Crippen molar-refractivity contribution in [1.82, 2.24) is 15.2 Å². The quantitative estimate of drug-likeness (QED) is 0.833. The van der Waals surface area contributed by atoms with E-state index in [1.807, 2.05) is 24.4 Å². The molecule has 0 amide bonds. The van der Waals surface area contributed by atoms with Crippen molar-refractivity contribution in [3.63, 3.8) is 0 Å². The second kappa shape index (κ2) is 6.91. The van der Waals surface area contributed by atoms with Crippen LogP contribution in [0.5, 0.6) is 0 Å². The molecule has 0 spiro atoms.